The van der Waals surface area contributed by atoms with E-state index in [2.05, 4.69) is 27.9 Å². The number of barbiturate groups is 1. The van der Waals surface area contributed by atoms with E-state index in [1.54, 1.807) is 12.1 Å². The normalized spacial score (nSPS) is 21.4. The Balaban J connectivity index is 2.02. The third-order valence-electron chi connectivity index (χ3n) is 4.01. The first-order chi connectivity index (χ1) is 9.54. The Bertz CT molecular complexity index is 591. The number of anilines is 1. The largest absolute Gasteiger partial charge is 0.335 e. The van der Waals surface area contributed by atoms with Crippen molar-refractivity contribution in [2.24, 2.45) is 5.41 Å². The molecule has 2 fully saturated rings. The Morgan fingerprint density at radius 3 is 2.25 bits per heavy atom. The average molecular weight is 384 g/mol. The van der Waals surface area contributed by atoms with Crippen molar-refractivity contribution in [1.82, 2.24) is 5.32 Å². The van der Waals surface area contributed by atoms with E-state index in [0.29, 0.717) is 18.5 Å². The SMILES string of the molecule is O=C1NC(=O)C2(CCCC2)C(=O)N1c1ccc(I)cc1. The zero-order valence-corrected chi connectivity index (χ0v) is 12.8. The van der Waals surface area contributed by atoms with Crippen molar-refractivity contribution in [3.63, 3.8) is 0 Å². The Morgan fingerprint density at radius 2 is 1.65 bits per heavy atom. The first kappa shape index (κ1) is 13.5. The van der Waals surface area contributed by atoms with Crippen molar-refractivity contribution in [3.05, 3.63) is 27.8 Å². The van der Waals surface area contributed by atoms with E-state index in [1.807, 2.05) is 12.1 Å². The van der Waals surface area contributed by atoms with E-state index >= 15 is 0 Å². The Labute approximate surface area is 129 Å². The van der Waals surface area contributed by atoms with E-state index in [-0.39, 0.29) is 5.91 Å². The maximum absolute atomic E-state index is 12.7. The van der Waals surface area contributed by atoms with Gasteiger partial charge >= 0.3 is 6.03 Å². The first-order valence-electron chi connectivity index (χ1n) is 6.50. The molecule has 6 heteroatoms. The first-order valence-corrected chi connectivity index (χ1v) is 7.58. The van der Waals surface area contributed by atoms with Gasteiger partial charge in [0.05, 0.1) is 5.69 Å². The molecule has 2 aliphatic rings. The van der Waals surface area contributed by atoms with Gasteiger partial charge in [-0.1, -0.05) is 12.8 Å². The van der Waals surface area contributed by atoms with E-state index < -0.39 is 17.4 Å². The van der Waals surface area contributed by atoms with Gasteiger partial charge < -0.3 is 0 Å². The number of imide groups is 2. The minimum Gasteiger partial charge on any atom is -0.276 e. The Kier molecular flexibility index (Phi) is 3.27. The summed E-state index contributed by atoms with van der Waals surface area (Å²) < 4.78 is 1.02. The summed E-state index contributed by atoms with van der Waals surface area (Å²) in [5.41, 5.74) is -0.539. The van der Waals surface area contributed by atoms with E-state index in [0.717, 1.165) is 21.3 Å². The molecule has 4 amide bonds. The van der Waals surface area contributed by atoms with Crippen molar-refractivity contribution in [2.75, 3.05) is 4.90 Å². The van der Waals surface area contributed by atoms with Gasteiger partial charge in [0.1, 0.15) is 5.41 Å². The van der Waals surface area contributed by atoms with Crippen molar-refractivity contribution in [3.8, 4) is 0 Å². The fraction of sp³-hybridized carbons (Fsp3) is 0.357. The van der Waals surface area contributed by atoms with Crippen molar-refractivity contribution in [1.29, 1.82) is 0 Å². The highest BCUT2D eigenvalue weighted by Gasteiger charge is 2.55. The van der Waals surface area contributed by atoms with Gasteiger partial charge in [0.15, 0.2) is 0 Å². The number of urea groups is 1. The van der Waals surface area contributed by atoms with Crippen LogP contribution in [0.5, 0.6) is 0 Å². The van der Waals surface area contributed by atoms with Crippen LogP contribution in [0.4, 0.5) is 10.5 Å². The minimum absolute atomic E-state index is 0.384. The van der Waals surface area contributed by atoms with Crippen LogP contribution in [0.2, 0.25) is 0 Å². The van der Waals surface area contributed by atoms with Crippen molar-refractivity contribution in [2.45, 2.75) is 25.7 Å². The summed E-state index contributed by atoms with van der Waals surface area (Å²) in [6, 6.07) is 6.44. The lowest BCUT2D eigenvalue weighted by Gasteiger charge is -2.36. The average Bonchev–Trinajstić information content (AvgIpc) is 2.90. The fourth-order valence-electron chi connectivity index (χ4n) is 2.92. The lowest BCUT2D eigenvalue weighted by atomic mass is 9.82. The number of hydrogen-bond acceptors (Lipinski definition) is 3. The van der Waals surface area contributed by atoms with Gasteiger partial charge in [-0.25, -0.2) is 9.69 Å². The number of halogens is 1. The van der Waals surface area contributed by atoms with Crippen LogP contribution in [-0.2, 0) is 9.59 Å². The molecule has 5 nitrogen and oxygen atoms in total. The number of hydrogen-bond donors (Lipinski definition) is 1. The topological polar surface area (TPSA) is 66.5 Å². The van der Waals surface area contributed by atoms with E-state index in [9.17, 15) is 14.4 Å². The summed E-state index contributed by atoms with van der Waals surface area (Å²) >= 11 is 2.15. The summed E-state index contributed by atoms with van der Waals surface area (Å²) in [5.74, 6) is -0.822. The minimum atomic E-state index is -1.04. The number of carbonyl (C=O) groups excluding carboxylic acids is 3. The quantitative estimate of drug-likeness (QED) is 0.598. The molecule has 0 aromatic heterocycles. The summed E-state index contributed by atoms with van der Waals surface area (Å²) in [7, 11) is 0. The molecule has 1 saturated heterocycles. The van der Waals surface area contributed by atoms with Gasteiger partial charge in [0.2, 0.25) is 5.91 Å². The molecule has 0 unspecified atom stereocenters. The maximum atomic E-state index is 12.7. The summed E-state index contributed by atoms with van der Waals surface area (Å²) in [6.07, 6.45) is 2.72. The highest BCUT2D eigenvalue weighted by Crippen LogP contribution is 2.42. The van der Waals surface area contributed by atoms with Crippen LogP contribution in [0, 0.1) is 8.99 Å². The van der Waals surface area contributed by atoms with Crippen LogP contribution < -0.4 is 10.2 Å². The lowest BCUT2D eigenvalue weighted by molar-refractivity contribution is -0.142. The van der Waals surface area contributed by atoms with Gasteiger partial charge in [-0.3, -0.25) is 14.9 Å². The van der Waals surface area contributed by atoms with Gasteiger partial charge in [0, 0.05) is 3.57 Å². The van der Waals surface area contributed by atoms with Crippen LogP contribution in [0.1, 0.15) is 25.7 Å². The predicted octanol–water partition coefficient (Wildman–Crippen LogP) is 2.43. The molecule has 1 aromatic carbocycles. The van der Waals surface area contributed by atoms with Crippen LogP contribution in [0.3, 0.4) is 0 Å². The van der Waals surface area contributed by atoms with Crippen molar-refractivity contribution < 1.29 is 14.4 Å². The number of amides is 4. The smallest absolute Gasteiger partial charge is 0.276 e. The number of rotatable bonds is 1. The molecular formula is C14H13IN2O3. The zero-order chi connectivity index (χ0) is 14.3. The van der Waals surface area contributed by atoms with Gasteiger partial charge in [-0.05, 0) is 59.7 Å². The maximum Gasteiger partial charge on any atom is 0.335 e. The highest BCUT2D eigenvalue weighted by molar-refractivity contribution is 14.1. The van der Waals surface area contributed by atoms with Crippen molar-refractivity contribution >= 4 is 46.1 Å². The number of nitrogens with zero attached hydrogens (tertiary/aromatic N) is 1. The van der Waals surface area contributed by atoms with Gasteiger partial charge in [-0.2, -0.15) is 0 Å². The molecule has 0 bridgehead atoms. The molecule has 0 radical (unpaired) electrons. The molecule has 0 atom stereocenters. The molecule has 1 spiro atoms. The molecule has 1 aromatic rings. The molecule has 20 heavy (non-hydrogen) atoms. The highest BCUT2D eigenvalue weighted by atomic mass is 127. The third kappa shape index (κ3) is 1.93. The predicted molar refractivity (Wildman–Crippen MR) is 81.1 cm³/mol. The number of carbonyl (C=O) groups is 3. The molecule has 1 heterocycles. The standard InChI is InChI=1S/C14H13IN2O3/c15-9-3-5-10(6-4-9)17-12(19)14(7-1-2-8-14)11(18)16-13(17)20/h3-6H,1-2,7-8H2,(H,16,18,20). The number of benzene rings is 1. The summed E-state index contributed by atoms with van der Waals surface area (Å²) in [4.78, 5) is 37.9. The Morgan fingerprint density at radius 1 is 1.05 bits per heavy atom. The van der Waals surface area contributed by atoms with Crippen LogP contribution in [0.25, 0.3) is 0 Å². The van der Waals surface area contributed by atoms with Crippen LogP contribution in [-0.4, -0.2) is 17.8 Å². The van der Waals surface area contributed by atoms with Crippen LogP contribution in [0.15, 0.2) is 24.3 Å². The van der Waals surface area contributed by atoms with E-state index in [4.69, 9.17) is 0 Å². The molecule has 3 rings (SSSR count). The molecular weight excluding hydrogens is 371 g/mol. The summed E-state index contributed by atoms with van der Waals surface area (Å²) in [5, 5.41) is 2.33. The second-order valence-electron chi connectivity index (χ2n) is 5.17. The molecule has 1 aliphatic carbocycles. The Hall–Kier alpha value is -1.44. The second kappa shape index (κ2) is 4.83. The monoisotopic (exact) mass is 384 g/mol. The fourth-order valence-corrected chi connectivity index (χ4v) is 3.28. The third-order valence-corrected chi connectivity index (χ3v) is 4.73. The van der Waals surface area contributed by atoms with Crippen LogP contribution >= 0.6 is 22.6 Å². The zero-order valence-electron chi connectivity index (χ0n) is 10.7. The molecule has 1 saturated carbocycles. The van der Waals surface area contributed by atoms with E-state index in [1.165, 1.54) is 0 Å². The molecule has 1 N–H and O–H groups in total. The molecule has 1 aliphatic heterocycles. The second-order valence-corrected chi connectivity index (χ2v) is 6.41. The number of nitrogens with one attached hydrogen (secondary N) is 1. The lowest BCUT2D eigenvalue weighted by Crippen LogP contribution is -2.63. The molecule has 104 valence electrons. The van der Waals surface area contributed by atoms with Gasteiger partial charge in [0.25, 0.3) is 5.91 Å². The van der Waals surface area contributed by atoms with Gasteiger partial charge in [-0.15, -0.1) is 0 Å². The summed E-state index contributed by atoms with van der Waals surface area (Å²) in [6.45, 7) is 0.